The van der Waals surface area contributed by atoms with E-state index in [4.69, 9.17) is 0 Å². The zero-order valence-electron chi connectivity index (χ0n) is 10.4. The minimum atomic E-state index is -3.45. The van der Waals surface area contributed by atoms with E-state index in [0.29, 0.717) is 9.79 Å². The maximum Gasteiger partial charge on any atom is 0.206 e. The Hall–Kier alpha value is -2.07. The molecule has 0 bridgehead atoms. The van der Waals surface area contributed by atoms with Crippen LogP contribution in [0.5, 0.6) is 0 Å². The molecule has 0 aliphatic carbocycles. The van der Waals surface area contributed by atoms with E-state index < -0.39 is 9.84 Å². The van der Waals surface area contributed by atoms with Gasteiger partial charge >= 0.3 is 0 Å². The third-order valence-corrected chi connectivity index (χ3v) is 4.94. The van der Waals surface area contributed by atoms with Crippen LogP contribution in [0.15, 0.2) is 64.5 Å². The molecule has 0 atom stereocenters. The highest BCUT2D eigenvalue weighted by Crippen LogP contribution is 2.24. The first-order valence-electron chi connectivity index (χ1n) is 5.96. The molecule has 4 heteroatoms. The van der Waals surface area contributed by atoms with E-state index in [-0.39, 0.29) is 0 Å². The lowest BCUT2D eigenvalue weighted by Gasteiger charge is -2.05. The molecule has 1 N–H and O–H groups in total. The van der Waals surface area contributed by atoms with Gasteiger partial charge in [0.05, 0.1) is 9.79 Å². The van der Waals surface area contributed by atoms with Crippen LogP contribution in [-0.2, 0) is 9.84 Å². The van der Waals surface area contributed by atoms with E-state index in [0.717, 1.165) is 16.5 Å². The van der Waals surface area contributed by atoms with Gasteiger partial charge in [-0.2, -0.15) is 0 Å². The minimum Gasteiger partial charge on any atom is -0.361 e. The monoisotopic (exact) mass is 271 g/mol. The molecule has 0 amide bonds. The highest BCUT2D eigenvalue weighted by Gasteiger charge is 2.17. The van der Waals surface area contributed by atoms with Crippen LogP contribution in [0.2, 0.25) is 0 Å². The second kappa shape index (κ2) is 4.24. The average Bonchev–Trinajstić information content (AvgIpc) is 2.86. The molecule has 0 saturated heterocycles. The normalized spacial score (nSPS) is 11.8. The average molecular weight is 271 g/mol. The summed E-state index contributed by atoms with van der Waals surface area (Å²) in [5, 5.41) is 1.00. The first-order valence-corrected chi connectivity index (χ1v) is 7.44. The van der Waals surface area contributed by atoms with Crippen LogP contribution in [0.25, 0.3) is 10.9 Å². The number of benzene rings is 2. The van der Waals surface area contributed by atoms with Gasteiger partial charge < -0.3 is 4.98 Å². The lowest BCUT2D eigenvalue weighted by atomic mass is 10.2. The summed E-state index contributed by atoms with van der Waals surface area (Å²) in [7, 11) is -3.45. The Bertz CT molecular complexity index is 830. The molecule has 0 aliphatic heterocycles. The topological polar surface area (TPSA) is 49.9 Å². The van der Waals surface area contributed by atoms with Crippen molar-refractivity contribution >= 4 is 20.7 Å². The van der Waals surface area contributed by atoms with E-state index >= 15 is 0 Å². The van der Waals surface area contributed by atoms with Crippen molar-refractivity contribution in [3.63, 3.8) is 0 Å². The minimum absolute atomic E-state index is 0.311. The molecule has 3 aromatic rings. The van der Waals surface area contributed by atoms with Crippen LogP contribution >= 0.6 is 0 Å². The van der Waals surface area contributed by atoms with Crippen LogP contribution in [0.4, 0.5) is 0 Å². The molecule has 0 saturated carbocycles. The van der Waals surface area contributed by atoms with Gasteiger partial charge in [-0.1, -0.05) is 23.8 Å². The summed E-state index contributed by atoms with van der Waals surface area (Å²) < 4.78 is 25.0. The molecule has 3 nitrogen and oxygen atoms in total. The second-order valence-electron chi connectivity index (χ2n) is 4.54. The third-order valence-electron chi connectivity index (χ3n) is 3.17. The fraction of sp³-hybridized carbons (Fsp3) is 0.0667. The number of aromatic amines is 1. The number of H-pyrrole nitrogens is 1. The van der Waals surface area contributed by atoms with Gasteiger partial charge in [-0.05, 0) is 42.6 Å². The van der Waals surface area contributed by atoms with Crippen LogP contribution in [-0.4, -0.2) is 13.4 Å². The number of hydrogen-bond acceptors (Lipinski definition) is 2. The zero-order chi connectivity index (χ0) is 13.5. The van der Waals surface area contributed by atoms with Crippen molar-refractivity contribution in [2.45, 2.75) is 16.7 Å². The molecule has 0 unspecified atom stereocenters. The second-order valence-corrected chi connectivity index (χ2v) is 6.49. The molecule has 1 aromatic heterocycles. The number of aromatic nitrogens is 1. The number of nitrogens with one attached hydrogen (secondary N) is 1. The predicted molar refractivity (Wildman–Crippen MR) is 74.9 cm³/mol. The highest BCUT2D eigenvalue weighted by molar-refractivity contribution is 7.91. The Labute approximate surface area is 111 Å². The molecule has 0 aliphatic rings. The smallest absolute Gasteiger partial charge is 0.206 e. The molecular weight excluding hydrogens is 258 g/mol. The summed E-state index contributed by atoms with van der Waals surface area (Å²) in [6.07, 6.45) is 1.80. The van der Waals surface area contributed by atoms with E-state index in [1.807, 2.05) is 19.1 Å². The van der Waals surface area contributed by atoms with Gasteiger partial charge in [0.25, 0.3) is 0 Å². The molecule has 3 rings (SSSR count). The molecule has 0 fully saturated rings. The molecule has 0 spiro atoms. The fourth-order valence-corrected chi connectivity index (χ4v) is 3.33. The van der Waals surface area contributed by atoms with E-state index in [1.54, 1.807) is 42.6 Å². The molecule has 2 aromatic carbocycles. The largest absolute Gasteiger partial charge is 0.361 e. The van der Waals surface area contributed by atoms with Crippen molar-refractivity contribution in [1.29, 1.82) is 0 Å². The summed E-state index contributed by atoms with van der Waals surface area (Å²) in [5.74, 6) is 0. The van der Waals surface area contributed by atoms with Crippen molar-refractivity contribution in [3.8, 4) is 0 Å². The summed E-state index contributed by atoms with van der Waals surface area (Å²) in [6, 6.07) is 13.9. The van der Waals surface area contributed by atoms with Crippen LogP contribution in [0, 0.1) is 6.92 Å². The first kappa shape index (κ1) is 12.0. The number of rotatable bonds is 2. The quantitative estimate of drug-likeness (QED) is 0.777. The number of aryl methyl sites for hydroxylation is 1. The third kappa shape index (κ3) is 2.04. The van der Waals surface area contributed by atoms with E-state index in [2.05, 4.69) is 4.98 Å². The van der Waals surface area contributed by atoms with Gasteiger partial charge in [-0.3, -0.25) is 0 Å². The van der Waals surface area contributed by atoms with Gasteiger partial charge in [0.1, 0.15) is 0 Å². The summed E-state index contributed by atoms with van der Waals surface area (Å²) in [6.45, 7) is 1.93. The van der Waals surface area contributed by atoms with Gasteiger partial charge in [0.15, 0.2) is 0 Å². The predicted octanol–water partition coefficient (Wildman–Crippen LogP) is 3.31. The fourth-order valence-electron chi connectivity index (χ4n) is 2.05. The molecule has 19 heavy (non-hydrogen) atoms. The van der Waals surface area contributed by atoms with Gasteiger partial charge in [-0.25, -0.2) is 8.42 Å². The van der Waals surface area contributed by atoms with Crippen molar-refractivity contribution in [3.05, 3.63) is 60.3 Å². The maximum atomic E-state index is 12.5. The Morgan fingerprint density at radius 1 is 0.895 bits per heavy atom. The number of fused-ring (bicyclic) bond motifs is 1. The first-order chi connectivity index (χ1) is 9.07. The molecule has 96 valence electrons. The molecular formula is C15H13NO2S. The SMILES string of the molecule is Cc1ccc(S(=O)(=O)c2ccc3cc[nH]c3c2)cc1. The number of sulfone groups is 1. The lowest BCUT2D eigenvalue weighted by Crippen LogP contribution is -2.01. The van der Waals surface area contributed by atoms with Gasteiger partial charge in [0, 0.05) is 11.7 Å². The van der Waals surface area contributed by atoms with Crippen molar-refractivity contribution in [2.75, 3.05) is 0 Å². The Kier molecular flexibility index (Phi) is 2.68. The lowest BCUT2D eigenvalue weighted by molar-refractivity contribution is 0.596. The summed E-state index contributed by atoms with van der Waals surface area (Å²) in [4.78, 5) is 3.66. The van der Waals surface area contributed by atoms with Gasteiger partial charge in [0.2, 0.25) is 9.84 Å². The molecule has 1 heterocycles. The Morgan fingerprint density at radius 2 is 1.58 bits per heavy atom. The van der Waals surface area contributed by atoms with Crippen molar-refractivity contribution in [2.24, 2.45) is 0 Å². The summed E-state index contributed by atoms with van der Waals surface area (Å²) in [5.41, 5.74) is 1.87. The van der Waals surface area contributed by atoms with Crippen LogP contribution in [0.3, 0.4) is 0 Å². The summed E-state index contributed by atoms with van der Waals surface area (Å²) >= 11 is 0. The van der Waals surface area contributed by atoms with Gasteiger partial charge in [-0.15, -0.1) is 0 Å². The highest BCUT2D eigenvalue weighted by atomic mass is 32.2. The Morgan fingerprint density at radius 3 is 2.32 bits per heavy atom. The zero-order valence-corrected chi connectivity index (χ0v) is 11.2. The van der Waals surface area contributed by atoms with E-state index in [9.17, 15) is 8.42 Å². The van der Waals surface area contributed by atoms with Crippen molar-refractivity contribution in [1.82, 2.24) is 4.98 Å². The number of hydrogen-bond donors (Lipinski definition) is 1. The van der Waals surface area contributed by atoms with Crippen LogP contribution in [0.1, 0.15) is 5.56 Å². The molecule has 0 radical (unpaired) electrons. The van der Waals surface area contributed by atoms with E-state index in [1.165, 1.54) is 0 Å². The van der Waals surface area contributed by atoms with Crippen LogP contribution < -0.4 is 0 Å². The maximum absolute atomic E-state index is 12.5. The Balaban J connectivity index is 2.15. The standard InChI is InChI=1S/C15H13NO2S/c1-11-2-5-13(6-3-11)19(17,18)14-7-4-12-8-9-16-15(12)10-14/h2-10,16H,1H3. The van der Waals surface area contributed by atoms with Crippen molar-refractivity contribution < 1.29 is 8.42 Å².